The van der Waals surface area contributed by atoms with Gasteiger partial charge in [0.15, 0.2) is 0 Å². The summed E-state index contributed by atoms with van der Waals surface area (Å²) in [5.41, 5.74) is 7.67. The number of anilines is 2. The first-order valence-electron chi connectivity index (χ1n) is 5.61. The Morgan fingerprint density at radius 1 is 1.53 bits per heavy atom. The van der Waals surface area contributed by atoms with Crippen LogP contribution in [0.1, 0.15) is 12.0 Å². The lowest BCUT2D eigenvalue weighted by Crippen LogP contribution is -2.17. The number of nitrogen functional groups attached to an aromatic ring is 1. The molecule has 106 valence electrons. The first-order valence-corrected chi connectivity index (χ1v) is 6.41. The summed E-state index contributed by atoms with van der Waals surface area (Å²) in [6.07, 6.45) is -2.53. The minimum absolute atomic E-state index is 0.00746. The van der Waals surface area contributed by atoms with Crippen molar-refractivity contribution in [1.82, 2.24) is 0 Å². The van der Waals surface area contributed by atoms with Gasteiger partial charge in [0.2, 0.25) is 5.91 Å². The van der Waals surface area contributed by atoms with E-state index in [1.807, 2.05) is 13.0 Å². The van der Waals surface area contributed by atoms with E-state index in [4.69, 9.17) is 5.73 Å². The van der Waals surface area contributed by atoms with Crippen LogP contribution in [0, 0.1) is 6.92 Å². The standard InChI is InChI=1S/C12H15BrF2N2O2/c1-7-4-8(13)12(9(16)5-7)17-11(18)2-3-19-6-10(14)15/h4-5,10H,2-3,6,16H2,1H3,(H,17,18). The predicted octanol–water partition coefficient (Wildman–Crippen LogP) is 2.95. The number of nitrogens with one attached hydrogen (secondary N) is 1. The third kappa shape index (κ3) is 5.52. The van der Waals surface area contributed by atoms with Crippen LogP contribution in [0.4, 0.5) is 20.2 Å². The molecule has 0 unspecified atom stereocenters. The zero-order valence-corrected chi connectivity index (χ0v) is 12.0. The lowest BCUT2D eigenvalue weighted by Gasteiger charge is -2.11. The summed E-state index contributed by atoms with van der Waals surface area (Å²) < 4.78 is 28.9. The van der Waals surface area contributed by atoms with Crippen LogP contribution in [0.15, 0.2) is 16.6 Å². The molecule has 7 heteroatoms. The average Bonchev–Trinajstić information content (AvgIpc) is 2.29. The number of nitrogens with two attached hydrogens (primary N) is 1. The van der Waals surface area contributed by atoms with Crippen molar-refractivity contribution in [3.8, 4) is 0 Å². The lowest BCUT2D eigenvalue weighted by molar-refractivity contribution is -0.117. The molecule has 19 heavy (non-hydrogen) atoms. The molecule has 0 saturated carbocycles. The fourth-order valence-electron chi connectivity index (χ4n) is 1.44. The summed E-state index contributed by atoms with van der Waals surface area (Å²) in [6.45, 7) is 1.16. The molecule has 0 radical (unpaired) electrons. The number of amides is 1. The van der Waals surface area contributed by atoms with Gasteiger partial charge in [0, 0.05) is 4.47 Å². The molecule has 0 atom stereocenters. The molecule has 3 N–H and O–H groups in total. The minimum Gasteiger partial charge on any atom is -0.397 e. The van der Waals surface area contributed by atoms with Gasteiger partial charge >= 0.3 is 0 Å². The molecular weight excluding hydrogens is 322 g/mol. The molecular formula is C12H15BrF2N2O2. The van der Waals surface area contributed by atoms with Gasteiger partial charge in [-0.3, -0.25) is 4.79 Å². The number of benzene rings is 1. The van der Waals surface area contributed by atoms with Gasteiger partial charge < -0.3 is 15.8 Å². The second kappa shape index (κ2) is 7.40. The number of ether oxygens (including phenoxy) is 1. The second-order valence-corrected chi connectivity index (χ2v) is 4.83. The van der Waals surface area contributed by atoms with Crippen LogP contribution in [-0.2, 0) is 9.53 Å². The highest BCUT2D eigenvalue weighted by Crippen LogP contribution is 2.30. The molecule has 0 aromatic heterocycles. The fraction of sp³-hybridized carbons (Fsp3) is 0.417. The molecule has 0 fully saturated rings. The molecule has 0 bridgehead atoms. The summed E-state index contributed by atoms with van der Waals surface area (Å²) in [5.74, 6) is -0.342. The molecule has 0 saturated heterocycles. The van der Waals surface area contributed by atoms with E-state index in [-0.39, 0.29) is 18.9 Å². The number of halogens is 3. The highest BCUT2D eigenvalue weighted by atomic mass is 79.9. The Balaban J connectivity index is 2.49. The Morgan fingerprint density at radius 3 is 2.79 bits per heavy atom. The Labute approximate surface area is 118 Å². The van der Waals surface area contributed by atoms with Crippen molar-refractivity contribution in [2.75, 3.05) is 24.3 Å². The number of rotatable bonds is 6. The Bertz CT molecular complexity index is 432. The summed E-state index contributed by atoms with van der Waals surface area (Å²) in [7, 11) is 0. The number of hydrogen-bond donors (Lipinski definition) is 2. The number of aryl methyl sites for hydroxylation is 1. The zero-order valence-electron chi connectivity index (χ0n) is 10.4. The summed E-state index contributed by atoms with van der Waals surface area (Å²) in [4.78, 5) is 11.6. The quantitative estimate of drug-likeness (QED) is 0.620. The number of carbonyl (C=O) groups is 1. The van der Waals surface area contributed by atoms with Crippen molar-refractivity contribution in [2.24, 2.45) is 0 Å². The van der Waals surface area contributed by atoms with Crippen molar-refractivity contribution in [1.29, 1.82) is 0 Å². The molecule has 0 aliphatic carbocycles. The van der Waals surface area contributed by atoms with Gasteiger partial charge in [-0.05, 0) is 40.5 Å². The summed E-state index contributed by atoms with van der Waals surface area (Å²) in [5, 5.41) is 2.62. The molecule has 0 aliphatic heterocycles. The van der Waals surface area contributed by atoms with E-state index in [9.17, 15) is 13.6 Å². The average molecular weight is 337 g/mol. The van der Waals surface area contributed by atoms with Crippen LogP contribution in [0.25, 0.3) is 0 Å². The SMILES string of the molecule is Cc1cc(N)c(NC(=O)CCOCC(F)F)c(Br)c1. The van der Waals surface area contributed by atoms with Crippen LogP contribution in [0.3, 0.4) is 0 Å². The third-order valence-electron chi connectivity index (χ3n) is 2.25. The maximum absolute atomic E-state index is 11.8. The highest BCUT2D eigenvalue weighted by molar-refractivity contribution is 9.10. The van der Waals surface area contributed by atoms with Gasteiger partial charge in [0.05, 0.1) is 24.4 Å². The largest absolute Gasteiger partial charge is 0.397 e. The smallest absolute Gasteiger partial charge is 0.261 e. The summed E-state index contributed by atoms with van der Waals surface area (Å²) >= 11 is 3.30. The van der Waals surface area contributed by atoms with Crippen molar-refractivity contribution >= 4 is 33.2 Å². The lowest BCUT2D eigenvalue weighted by atomic mass is 10.2. The molecule has 1 aromatic carbocycles. The molecule has 1 amide bonds. The number of hydrogen-bond acceptors (Lipinski definition) is 3. The first-order chi connectivity index (χ1) is 8.90. The molecule has 4 nitrogen and oxygen atoms in total. The maximum Gasteiger partial charge on any atom is 0.261 e. The fourth-order valence-corrected chi connectivity index (χ4v) is 2.13. The topological polar surface area (TPSA) is 64.3 Å². The highest BCUT2D eigenvalue weighted by Gasteiger charge is 2.10. The third-order valence-corrected chi connectivity index (χ3v) is 2.87. The normalized spacial score (nSPS) is 10.8. The monoisotopic (exact) mass is 336 g/mol. The number of alkyl halides is 2. The van der Waals surface area contributed by atoms with E-state index in [1.54, 1.807) is 6.07 Å². The van der Waals surface area contributed by atoms with Crippen LogP contribution in [0.2, 0.25) is 0 Å². The van der Waals surface area contributed by atoms with Gasteiger partial charge in [-0.25, -0.2) is 8.78 Å². The minimum atomic E-state index is -2.52. The maximum atomic E-state index is 11.8. The van der Waals surface area contributed by atoms with Crippen molar-refractivity contribution < 1.29 is 18.3 Å². The van der Waals surface area contributed by atoms with Crippen LogP contribution >= 0.6 is 15.9 Å². The van der Waals surface area contributed by atoms with E-state index in [0.717, 1.165) is 5.56 Å². The zero-order chi connectivity index (χ0) is 14.4. The number of carbonyl (C=O) groups excluding carboxylic acids is 1. The van der Waals surface area contributed by atoms with Crippen molar-refractivity contribution in [3.63, 3.8) is 0 Å². The van der Waals surface area contributed by atoms with Crippen LogP contribution in [0.5, 0.6) is 0 Å². The van der Waals surface area contributed by atoms with Gasteiger partial charge in [0.25, 0.3) is 6.43 Å². The van der Waals surface area contributed by atoms with Crippen molar-refractivity contribution in [2.45, 2.75) is 19.8 Å². The van der Waals surface area contributed by atoms with Crippen LogP contribution < -0.4 is 11.1 Å². The Morgan fingerprint density at radius 2 is 2.21 bits per heavy atom. The second-order valence-electron chi connectivity index (χ2n) is 3.98. The Kier molecular flexibility index (Phi) is 6.17. The molecule has 0 spiro atoms. The molecule has 0 heterocycles. The van der Waals surface area contributed by atoms with Gasteiger partial charge in [0.1, 0.15) is 6.61 Å². The Hall–Kier alpha value is -1.21. The first kappa shape index (κ1) is 15.8. The van der Waals surface area contributed by atoms with E-state index in [1.165, 1.54) is 0 Å². The van der Waals surface area contributed by atoms with E-state index < -0.39 is 13.0 Å². The predicted molar refractivity (Wildman–Crippen MR) is 73.4 cm³/mol. The van der Waals surface area contributed by atoms with E-state index in [2.05, 4.69) is 26.0 Å². The van der Waals surface area contributed by atoms with Crippen LogP contribution in [-0.4, -0.2) is 25.5 Å². The molecule has 1 rings (SSSR count). The van der Waals surface area contributed by atoms with Gasteiger partial charge in [-0.2, -0.15) is 0 Å². The summed E-state index contributed by atoms with van der Waals surface area (Å²) in [6, 6.07) is 3.55. The molecule has 0 aliphatic rings. The van der Waals surface area contributed by atoms with Crippen molar-refractivity contribution in [3.05, 3.63) is 22.2 Å². The molecule has 1 aromatic rings. The van der Waals surface area contributed by atoms with Gasteiger partial charge in [-0.1, -0.05) is 0 Å². The van der Waals surface area contributed by atoms with Gasteiger partial charge in [-0.15, -0.1) is 0 Å². The van der Waals surface area contributed by atoms with E-state index >= 15 is 0 Å². The van der Waals surface area contributed by atoms with E-state index in [0.29, 0.717) is 15.8 Å².